The third-order valence-corrected chi connectivity index (χ3v) is 3.05. The molecule has 1 heterocycles. The van der Waals surface area contributed by atoms with Gasteiger partial charge in [0, 0.05) is 11.6 Å². The second-order valence-corrected chi connectivity index (χ2v) is 4.68. The van der Waals surface area contributed by atoms with Gasteiger partial charge < -0.3 is 5.32 Å². The molecule has 2 rings (SSSR count). The number of halogens is 3. The van der Waals surface area contributed by atoms with Gasteiger partial charge in [-0.3, -0.25) is 0 Å². The van der Waals surface area contributed by atoms with E-state index in [0.29, 0.717) is 11.6 Å². The van der Waals surface area contributed by atoms with Crippen LogP contribution >= 0.6 is 27.5 Å². The zero-order valence-electron chi connectivity index (χ0n) is 8.75. The maximum absolute atomic E-state index is 12.8. The Balaban J connectivity index is 2.04. The van der Waals surface area contributed by atoms with Crippen molar-refractivity contribution in [2.45, 2.75) is 6.54 Å². The Kier molecular flexibility index (Phi) is 3.97. The van der Waals surface area contributed by atoms with Crippen LogP contribution in [-0.4, -0.2) is 4.98 Å². The fourth-order valence-electron chi connectivity index (χ4n) is 1.34. The van der Waals surface area contributed by atoms with Crippen molar-refractivity contribution >= 4 is 33.2 Å². The lowest BCUT2D eigenvalue weighted by Crippen LogP contribution is -2.00. The predicted octanol–water partition coefficient (Wildman–Crippen LogP) is 4.25. The Morgan fingerprint density at radius 2 is 2.12 bits per heavy atom. The molecule has 0 fully saturated rings. The lowest BCUT2D eigenvalue weighted by Gasteiger charge is -2.07. The molecule has 0 saturated carbocycles. The minimum atomic E-state index is -0.330. The number of benzene rings is 1. The highest BCUT2D eigenvalue weighted by atomic mass is 79.9. The molecule has 0 aliphatic carbocycles. The molecule has 17 heavy (non-hydrogen) atoms. The summed E-state index contributed by atoms with van der Waals surface area (Å²) in [5, 5.41) is 3.58. The van der Waals surface area contributed by atoms with E-state index in [1.807, 2.05) is 12.1 Å². The zero-order valence-corrected chi connectivity index (χ0v) is 11.1. The van der Waals surface area contributed by atoms with Crippen LogP contribution in [0.3, 0.4) is 0 Å². The molecule has 5 heteroatoms. The minimum absolute atomic E-state index is 0.330. The largest absolute Gasteiger partial charge is 0.380 e. The van der Waals surface area contributed by atoms with Crippen LogP contribution in [-0.2, 0) is 6.54 Å². The van der Waals surface area contributed by atoms with Crippen molar-refractivity contribution in [1.29, 1.82) is 0 Å². The summed E-state index contributed by atoms with van der Waals surface area (Å²) in [6.45, 7) is 0.530. The number of aromatic nitrogens is 1. The third-order valence-electron chi connectivity index (χ3n) is 2.23. The van der Waals surface area contributed by atoms with Crippen LogP contribution in [0.2, 0.25) is 5.02 Å². The van der Waals surface area contributed by atoms with Crippen LogP contribution in [0, 0.1) is 5.82 Å². The van der Waals surface area contributed by atoms with Crippen LogP contribution in [0.5, 0.6) is 0 Å². The zero-order chi connectivity index (χ0) is 12.3. The van der Waals surface area contributed by atoms with Crippen molar-refractivity contribution in [3.05, 3.63) is 57.5 Å². The number of hydrogen-bond acceptors (Lipinski definition) is 2. The van der Waals surface area contributed by atoms with Gasteiger partial charge in [0.05, 0.1) is 11.9 Å². The molecular weight excluding hydrogens is 307 g/mol. The molecule has 88 valence electrons. The van der Waals surface area contributed by atoms with Crippen LogP contribution < -0.4 is 5.32 Å². The van der Waals surface area contributed by atoms with Crippen LogP contribution in [0.25, 0.3) is 0 Å². The molecule has 0 radical (unpaired) electrons. The first-order chi connectivity index (χ1) is 8.15. The van der Waals surface area contributed by atoms with E-state index in [9.17, 15) is 4.39 Å². The van der Waals surface area contributed by atoms with Crippen molar-refractivity contribution in [2.75, 3.05) is 5.32 Å². The molecule has 2 nitrogen and oxygen atoms in total. The van der Waals surface area contributed by atoms with E-state index in [4.69, 9.17) is 11.6 Å². The first kappa shape index (κ1) is 12.3. The summed E-state index contributed by atoms with van der Waals surface area (Å²) in [6, 6.07) is 8.10. The maximum Gasteiger partial charge on any atom is 0.124 e. The molecule has 0 saturated heterocycles. The second-order valence-electron chi connectivity index (χ2n) is 3.46. The van der Waals surface area contributed by atoms with E-state index >= 15 is 0 Å². The Bertz CT molecular complexity index is 516. The number of nitrogens with one attached hydrogen (secondary N) is 1. The Morgan fingerprint density at radius 3 is 2.76 bits per heavy atom. The standard InChI is InChI=1S/C12H9BrClFN2/c13-12-4-3-10(7-17-12)16-6-8-1-2-9(15)5-11(8)14/h1-5,7,16H,6H2. The molecule has 0 unspecified atom stereocenters. The number of hydrogen-bond donors (Lipinski definition) is 1. The normalized spacial score (nSPS) is 10.3. The highest BCUT2D eigenvalue weighted by Gasteiger charge is 2.02. The quantitative estimate of drug-likeness (QED) is 0.857. The molecule has 0 spiro atoms. The summed E-state index contributed by atoms with van der Waals surface area (Å²) in [5.74, 6) is -0.330. The molecule has 0 aliphatic rings. The van der Waals surface area contributed by atoms with E-state index in [-0.39, 0.29) is 5.82 Å². The maximum atomic E-state index is 12.8. The summed E-state index contributed by atoms with van der Waals surface area (Å²) in [4.78, 5) is 4.09. The summed E-state index contributed by atoms with van der Waals surface area (Å²) >= 11 is 9.18. The average molecular weight is 316 g/mol. The van der Waals surface area contributed by atoms with Crippen molar-refractivity contribution in [3.63, 3.8) is 0 Å². The Morgan fingerprint density at radius 1 is 1.29 bits per heavy atom. The van der Waals surface area contributed by atoms with E-state index in [2.05, 4.69) is 26.2 Å². The molecule has 0 atom stereocenters. The summed E-state index contributed by atoms with van der Waals surface area (Å²) in [5.41, 5.74) is 1.73. The number of anilines is 1. The van der Waals surface area contributed by atoms with Crippen LogP contribution in [0.4, 0.5) is 10.1 Å². The van der Waals surface area contributed by atoms with Gasteiger partial charge in [0.25, 0.3) is 0 Å². The second kappa shape index (κ2) is 5.47. The monoisotopic (exact) mass is 314 g/mol. The SMILES string of the molecule is Fc1ccc(CNc2ccc(Br)nc2)c(Cl)c1. The highest BCUT2D eigenvalue weighted by Crippen LogP contribution is 2.19. The number of pyridine rings is 1. The summed E-state index contributed by atoms with van der Waals surface area (Å²) in [7, 11) is 0. The van der Waals surface area contributed by atoms with E-state index < -0.39 is 0 Å². The van der Waals surface area contributed by atoms with Gasteiger partial charge in [-0.2, -0.15) is 0 Å². The molecule has 0 bridgehead atoms. The molecule has 2 aromatic rings. The third kappa shape index (κ3) is 3.41. The van der Waals surface area contributed by atoms with Gasteiger partial charge in [0.15, 0.2) is 0 Å². The molecule has 0 aliphatic heterocycles. The van der Waals surface area contributed by atoms with Gasteiger partial charge >= 0.3 is 0 Å². The summed E-state index contributed by atoms with van der Waals surface area (Å²) < 4.78 is 13.6. The smallest absolute Gasteiger partial charge is 0.124 e. The Labute approximate surface area is 112 Å². The van der Waals surface area contributed by atoms with Gasteiger partial charge in [0.2, 0.25) is 0 Å². The van der Waals surface area contributed by atoms with Crippen molar-refractivity contribution in [1.82, 2.24) is 4.98 Å². The van der Waals surface area contributed by atoms with Gasteiger partial charge in [-0.25, -0.2) is 9.37 Å². The lowest BCUT2D eigenvalue weighted by molar-refractivity contribution is 0.627. The molecule has 1 N–H and O–H groups in total. The predicted molar refractivity (Wildman–Crippen MR) is 70.7 cm³/mol. The van der Waals surface area contributed by atoms with Crippen molar-refractivity contribution in [2.24, 2.45) is 0 Å². The topological polar surface area (TPSA) is 24.9 Å². The fraction of sp³-hybridized carbons (Fsp3) is 0.0833. The van der Waals surface area contributed by atoms with Gasteiger partial charge in [0.1, 0.15) is 10.4 Å². The number of nitrogens with zero attached hydrogens (tertiary/aromatic N) is 1. The molecule has 0 amide bonds. The Hall–Kier alpha value is -1.13. The van der Waals surface area contributed by atoms with Crippen molar-refractivity contribution < 1.29 is 4.39 Å². The van der Waals surface area contributed by atoms with Crippen molar-refractivity contribution in [3.8, 4) is 0 Å². The average Bonchev–Trinajstić information content (AvgIpc) is 2.30. The number of rotatable bonds is 3. The first-order valence-corrected chi connectivity index (χ1v) is 6.11. The molecule has 1 aromatic heterocycles. The van der Waals surface area contributed by atoms with Gasteiger partial charge in [-0.15, -0.1) is 0 Å². The molecular formula is C12H9BrClFN2. The summed E-state index contributed by atoms with van der Waals surface area (Å²) in [6.07, 6.45) is 1.71. The minimum Gasteiger partial charge on any atom is -0.380 e. The van der Waals surface area contributed by atoms with E-state index in [1.165, 1.54) is 12.1 Å². The highest BCUT2D eigenvalue weighted by molar-refractivity contribution is 9.10. The fourth-order valence-corrected chi connectivity index (χ4v) is 1.81. The van der Waals surface area contributed by atoms with Crippen LogP contribution in [0.1, 0.15) is 5.56 Å². The van der Waals surface area contributed by atoms with Gasteiger partial charge in [-0.1, -0.05) is 17.7 Å². The molecule has 1 aromatic carbocycles. The van der Waals surface area contributed by atoms with Crippen LogP contribution in [0.15, 0.2) is 41.1 Å². The van der Waals surface area contributed by atoms with E-state index in [1.54, 1.807) is 12.3 Å². The van der Waals surface area contributed by atoms with Gasteiger partial charge in [-0.05, 0) is 45.8 Å². The lowest BCUT2D eigenvalue weighted by atomic mass is 10.2. The van der Waals surface area contributed by atoms with E-state index in [0.717, 1.165) is 15.9 Å². The first-order valence-electron chi connectivity index (χ1n) is 4.94.